The average Bonchev–Trinajstić information content (AvgIpc) is 3.26. The van der Waals surface area contributed by atoms with Crippen molar-refractivity contribution < 1.29 is 0 Å². The fourth-order valence-electron chi connectivity index (χ4n) is 3.48. The molecule has 2 heteroatoms. The molecule has 1 heterocycles. The van der Waals surface area contributed by atoms with E-state index >= 15 is 0 Å². The van der Waals surface area contributed by atoms with Crippen molar-refractivity contribution in [1.82, 2.24) is 10.2 Å². The first-order chi connectivity index (χ1) is 9.64. The fraction of sp³-hybridized carbons (Fsp3) is 0.667. The van der Waals surface area contributed by atoms with Crippen molar-refractivity contribution in [3.63, 3.8) is 0 Å². The Bertz CT molecular complexity index is 438. The van der Waals surface area contributed by atoms with Crippen molar-refractivity contribution in [3.8, 4) is 0 Å². The number of hydrogen-bond acceptors (Lipinski definition) is 2. The molecule has 2 fully saturated rings. The molecule has 0 radical (unpaired) electrons. The average molecular weight is 272 g/mol. The second-order valence-corrected chi connectivity index (χ2v) is 6.98. The Morgan fingerprint density at radius 3 is 2.60 bits per heavy atom. The Hall–Kier alpha value is -0.860. The molecule has 110 valence electrons. The topological polar surface area (TPSA) is 15.3 Å². The molecule has 3 unspecified atom stereocenters. The molecule has 2 aliphatic rings. The van der Waals surface area contributed by atoms with Gasteiger partial charge in [0.15, 0.2) is 0 Å². The van der Waals surface area contributed by atoms with Gasteiger partial charge in [0.1, 0.15) is 0 Å². The predicted octanol–water partition coefficient (Wildman–Crippen LogP) is 3.60. The van der Waals surface area contributed by atoms with E-state index in [9.17, 15) is 0 Å². The van der Waals surface area contributed by atoms with Crippen LogP contribution in [-0.4, -0.2) is 29.6 Å². The molecule has 0 bridgehead atoms. The maximum Gasteiger partial charge on any atom is 0.0478 e. The van der Waals surface area contributed by atoms with Crippen LogP contribution < -0.4 is 5.32 Å². The highest BCUT2D eigenvalue weighted by molar-refractivity contribution is 5.22. The molecule has 1 aromatic rings. The molecule has 0 aromatic heterocycles. The van der Waals surface area contributed by atoms with Crippen LogP contribution in [0.2, 0.25) is 0 Å². The highest BCUT2D eigenvalue weighted by Gasteiger charge is 2.48. The number of nitrogens with one attached hydrogen (secondary N) is 1. The first-order valence-electron chi connectivity index (χ1n) is 8.19. The lowest BCUT2D eigenvalue weighted by Crippen LogP contribution is -2.57. The Labute approximate surface area is 123 Å². The molecular formula is C18H28N2. The molecule has 3 atom stereocenters. The maximum atomic E-state index is 3.81. The summed E-state index contributed by atoms with van der Waals surface area (Å²) in [4.78, 5) is 2.79. The van der Waals surface area contributed by atoms with Crippen LogP contribution in [0.5, 0.6) is 0 Å². The summed E-state index contributed by atoms with van der Waals surface area (Å²) in [6, 6.07) is 12.2. The van der Waals surface area contributed by atoms with Crippen molar-refractivity contribution in [1.29, 1.82) is 0 Å². The summed E-state index contributed by atoms with van der Waals surface area (Å²) in [5.41, 5.74) is 1.92. The minimum atomic E-state index is 0.453. The zero-order valence-electron chi connectivity index (χ0n) is 13.1. The molecular weight excluding hydrogens is 244 g/mol. The van der Waals surface area contributed by atoms with E-state index in [4.69, 9.17) is 0 Å². The van der Waals surface area contributed by atoms with Gasteiger partial charge in [-0.2, -0.15) is 0 Å². The van der Waals surface area contributed by atoms with Crippen LogP contribution in [0.15, 0.2) is 30.3 Å². The number of rotatable bonds is 4. The zero-order valence-corrected chi connectivity index (χ0v) is 13.1. The second kappa shape index (κ2) is 5.50. The van der Waals surface area contributed by atoms with Gasteiger partial charge in [-0.15, -0.1) is 0 Å². The largest absolute Gasteiger partial charge is 0.311 e. The first-order valence-corrected chi connectivity index (χ1v) is 8.19. The van der Waals surface area contributed by atoms with Crippen LogP contribution in [-0.2, 0) is 0 Å². The summed E-state index contributed by atoms with van der Waals surface area (Å²) in [5.74, 6) is 0.761. The normalized spacial score (nSPS) is 30.9. The minimum Gasteiger partial charge on any atom is -0.311 e. The molecule has 1 aliphatic heterocycles. The molecule has 0 amide bonds. The minimum absolute atomic E-state index is 0.453. The summed E-state index contributed by atoms with van der Waals surface area (Å²) in [6.45, 7) is 9.42. The van der Waals surface area contributed by atoms with E-state index in [0.29, 0.717) is 17.6 Å². The number of benzene rings is 1. The van der Waals surface area contributed by atoms with Crippen molar-refractivity contribution in [2.24, 2.45) is 5.92 Å². The van der Waals surface area contributed by atoms with Crippen LogP contribution in [0.4, 0.5) is 0 Å². The molecule has 3 rings (SSSR count). The lowest BCUT2D eigenvalue weighted by molar-refractivity contribution is 0.0609. The van der Waals surface area contributed by atoms with Gasteiger partial charge in [0, 0.05) is 30.7 Å². The fourth-order valence-corrected chi connectivity index (χ4v) is 3.48. The van der Waals surface area contributed by atoms with Crippen LogP contribution in [0, 0.1) is 5.92 Å². The predicted molar refractivity (Wildman–Crippen MR) is 84.8 cm³/mol. The van der Waals surface area contributed by atoms with Crippen molar-refractivity contribution in [2.75, 3.05) is 13.1 Å². The van der Waals surface area contributed by atoms with Crippen molar-refractivity contribution in [3.05, 3.63) is 35.9 Å². The third-order valence-corrected chi connectivity index (χ3v) is 5.53. The molecule has 2 nitrogen and oxygen atoms in total. The van der Waals surface area contributed by atoms with Gasteiger partial charge in [-0.25, -0.2) is 0 Å². The lowest BCUT2D eigenvalue weighted by Gasteiger charge is -2.46. The Morgan fingerprint density at radius 2 is 2.00 bits per heavy atom. The second-order valence-electron chi connectivity index (χ2n) is 6.98. The standard InChI is InChI=1S/C18H28N2/c1-4-14(2)16-13-20(18(3)10-11-18)17(12-19-16)15-8-6-5-7-9-15/h5-9,14,16-17,19H,4,10-13H2,1-3H3. The monoisotopic (exact) mass is 272 g/mol. The molecule has 1 N–H and O–H groups in total. The van der Waals surface area contributed by atoms with E-state index in [1.807, 2.05) is 0 Å². The number of nitrogens with zero attached hydrogens (tertiary/aromatic N) is 1. The quantitative estimate of drug-likeness (QED) is 0.901. The molecule has 1 saturated heterocycles. The SMILES string of the molecule is CCC(C)C1CN(C2(C)CC2)C(c2ccccc2)CN1. The van der Waals surface area contributed by atoms with E-state index in [-0.39, 0.29) is 0 Å². The van der Waals surface area contributed by atoms with Crippen LogP contribution in [0.25, 0.3) is 0 Å². The van der Waals surface area contributed by atoms with E-state index in [1.54, 1.807) is 0 Å². The van der Waals surface area contributed by atoms with Crippen molar-refractivity contribution in [2.45, 2.75) is 57.7 Å². The van der Waals surface area contributed by atoms with Gasteiger partial charge in [-0.1, -0.05) is 50.6 Å². The van der Waals surface area contributed by atoms with Gasteiger partial charge in [-0.05, 0) is 31.2 Å². The molecule has 1 aromatic carbocycles. The van der Waals surface area contributed by atoms with Gasteiger partial charge >= 0.3 is 0 Å². The summed E-state index contributed by atoms with van der Waals surface area (Å²) < 4.78 is 0. The van der Waals surface area contributed by atoms with Crippen molar-refractivity contribution >= 4 is 0 Å². The van der Waals surface area contributed by atoms with Gasteiger partial charge < -0.3 is 5.32 Å². The summed E-state index contributed by atoms with van der Waals surface area (Å²) >= 11 is 0. The van der Waals surface area contributed by atoms with E-state index in [1.165, 1.54) is 31.4 Å². The first kappa shape index (κ1) is 14.1. The highest BCUT2D eigenvalue weighted by atomic mass is 15.3. The van der Waals surface area contributed by atoms with Gasteiger partial charge in [0.2, 0.25) is 0 Å². The van der Waals surface area contributed by atoms with Gasteiger partial charge in [-0.3, -0.25) is 4.90 Å². The van der Waals surface area contributed by atoms with Crippen LogP contribution >= 0.6 is 0 Å². The molecule has 20 heavy (non-hydrogen) atoms. The third kappa shape index (κ3) is 2.64. The molecule has 1 aliphatic carbocycles. The Kier molecular flexibility index (Phi) is 3.87. The smallest absolute Gasteiger partial charge is 0.0478 e. The molecule has 1 saturated carbocycles. The lowest BCUT2D eigenvalue weighted by atomic mass is 9.92. The zero-order chi connectivity index (χ0) is 14.2. The summed E-state index contributed by atoms with van der Waals surface area (Å²) in [6.07, 6.45) is 3.99. The van der Waals surface area contributed by atoms with Gasteiger partial charge in [0.05, 0.1) is 0 Å². The van der Waals surface area contributed by atoms with E-state index < -0.39 is 0 Å². The Balaban J connectivity index is 1.81. The van der Waals surface area contributed by atoms with Gasteiger partial charge in [0.25, 0.3) is 0 Å². The van der Waals surface area contributed by atoms with E-state index in [0.717, 1.165) is 12.5 Å². The van der Waals surface area contributed by atoms with Crippen LogP contribution in [0.3, 0.4) is 0 Å². The number of hydrogen-bond donors (Lipinski definition) is 1. The van der Waals surface area contributed by atoms with Crippen LogP contribution in [0.1, 0.15) is 51.6 Å². The molecule has 0 spiro atoms. The van der Waals surface area contributed by atoms with E-state index in [2.05, 4.69) is 61.3 Å². The third-order valence-electron chi connectivity index (χ3n) is 5.53. The Morgan fingerprint density at radius 1 is 1.30 bits per heavy atom. The number of piperazine rings is 1. The summed E-state index contributed by atoms with van der Waals surface area (Å²) in [5, 5.41) is 3.81. The summed E-state index contributed by atoms with van der Waals surface area (Å²) in [7, 11) is 0. The highest BCUT2D eigenvalue weighted by Crippen LogP contribution is 2.46. The maximum absolute atomic E-state index is 3.81.